The summed E-state index contributed by atoms with van der Waals surface area (Å²) in [5.74, 6) is 3.89. The molecule has 134 valence electrons. The Kier molecular flexibility index (Phi) is 3.37. The molecular weight excluding hydrogens is 292 g/mol. The van der Waals surface area contributed by atoms with Crippen LogP contribution in [0.25, 0.3) is 0 Å². The van der Waals surface area contributed by atoms with Crippen LogP contribution in [-0.4, -0.2) is 30.6 Å². The second kappa shape index (κ2) is 5.10. The van der Waals surface area contributed by atoms with E-state index in [4.69, 9.17) is 5.73 Å². The van der Waals surface area contributed by atoms with Crippen LogP contribution in [0.2, 0.25) is 0 Å². The standard InChI is InChI=1S/C22H36N2/c1-14-18-6-7-20-17-5-4-15-12-16(23)8-10-21(15,2)19(17)9-11-22(18,20)13-24(14)3/h4,14,16-20H,5-13,23H2,1-3H3/t14-,16-,17+,18-,19+,20-,21-,22+/m1/s1. The van der Waals surface area contributed by atoms with Gasteiger partial charge in [-0.3, -0.25) is 0 Å². The summed E-state index contributed by atoms with van der Waals surface area (Å²) in [4.78, 5) is 2.68. The molecule has 0 aromatic heterocycles. The van der Waals surface area contributed by atoms with Gasteiger partial charge in [0.1, 0.15) is 0 Å². The summed E-state index contributed by atoms with van der Waals surface area (Å²) in [7, 11) is 2.38. The van der Waals surface area contributed by atoms with Crippen molar-refractivity contribution in [3.8, 4) is 0 Å². The van der Waals surface area contributed by atoms with E-state index in [9.17, 15) is 0 Å². The average molecular weight is 329 g/mol. The summed E-state index contributed by atoms with van der Waals surface area (Å²) >= 11 is 0. The van der Waals surface area contributed by atoms with Crippen LogP contribution in [0.15, 0.2) is 11.6 Å². The SMILES string of the molecule is C[C@@H]1[C@H]2CC[C@@H]3[C@H]4CC=C5C[C@H](N)CC[C@@]5(C)[C@H]4CC[C@@]32CN1C. The van der Waals surface area contributed by atoms with Gasteiger partial charge in [-0.1, -0.05) is 18.6 Å². The van der Waals surface area contributed by atoms with E-state index < -0.39 is 0 Å². The van der Waals surface area contributed by atoms with Crippen LogP contribution in [-0.2, 0) is 0 Å². The van der Waals surface area contributed by atoms with Gasteiger partial charge in [0, 0.05) is 18.6 Å². The number of hydrogen-bond donors (Lipinski definition) is 1. The zero-order chi connectivity index (χ0) is 16.7. The van der Waals surface area contributed by atoms with Gasteiger partial charge < -0.3 is 10.6 Å². The highest BCUT2D eigenvalue weighted by Crippen LogP contribution is 2.68. The second-order valence-electron chi connectivity index (χ2n) is 10.4. The van der Waals surface area contributed by atoms with Crippen LogP contribution < -0.4 is 5.73 Å². The van der Waals surface area contributed by atoms with Crippen molar-refractivity contribution in [1.29, 1.82) is 0 Å². The lowest BCUT2D eigenvalue weighted by atomic mass is 9.47. The lowest BCUT2D eigenvalue weighted by Crippen LogP contribution is -2.52. The molecule has 2 nitrogen and oxygen atoms in total. The van der Waals surface area contributed by atoms with Crippen LogP contribution in [0, 0.1) is 34.5 Å². The minimum Gasteiger partial charge on any atom is -0.327 e. The molecule has 8 atom stereocenters. The van der Waals surface area contributed by atoms with E-state index in [1.807, 2.05) is 0 Å². The largest absolute Gasteiger partial charge is 0.327 e. The molecule has 0 aromatic carbocycles. The van der Waals surface area contributed by atoms with Gasteiger partial charge in [-0.25, -0.2) is 0 Å². The first-order chi connectivity index (χ1) is 11.5. The Labute approximate surface area is 148 Å². The molecule has 0 amide bonds. The molecule has 5 rings (SSSR count). The Morgan fingerprint density at radius 2 is 1.88 bits per heavy atom. The molecule has 0 unspecified atom stereocenters. The van der Waals surface area contributed by atoms with E-state index >= 15 is 0 Å². The first kappa shape index (κ1) is 15.9. The van der Waals surface area contributed by atoms with E-state index in [1.54, 1.807) is 5.57 Å². The van der Waals surface area contributed by atoms with Crippen molar-refractivity contribution in [2.24, 2.45) is 40.2 Å². The Morgan fingerprint density at radius 1 is 1.08 bits per heavy atom. The fraction of sp³-hybridized carbons (Fsp3) is 0.909. The van der Waals surface area contributed by atoms with Crippen molar-refractivity contribution in [1.82, 2.24) is 4.90 Å². The second-order valence-corrected chi connectivity index (χ2v) is 10.4. The smallest absolute Gasteiger partial charge is 0.00982 e. The van der Waals surface area contributed by atoms with Crippen molar-refractivity contribution in [3.05, 3.63) is 11.6 Å². The molecule has 0 radical (unpaired) electrons. The quantitative estimate of drug-likeness (QED) is 0.675. The van der Waals surface area contributed by atoms with Gasteiger partial charge in [-0.05, 0) is 99.8 Å². The Hall–Kier alpha value is -0.340. The predicted octanol–water partition coefficient (Wildman–Crippen LogP) is 4.21. The van der Waals surface area contributed by atoms with E-state index in [2.05, 4.69) is 31.9 Å². The molecule has 4 fully saturated rings. The maximum atomic E-state index is 6.31. The average Bonchev–Trinajstić information content (AvgIpc) is 3.03. The molecular formula is C22H36N2. The summed E-state index contributed by atoms with van der Waals surface area (Å²) in [6, 6.07) is 1.24. The molecule has 5 aliphatic rings. The molecule has 1 spiro atoms. The fourth-order valence-corrected chi connectivity index (χ4v) is 8.49. The topological polar surface area (TPSA) is 29.3 Å². The van der Waals surface area contributed by atoms with Gasteiger partial charge >= 0.3 is 0 Å². The number of nitrogens with two attached hydrogens (primary N) is 1. The third-order valence-corrected chi connectivity index (χ3v) is 9.75. The van der Waals surface area contributed by atoms with Gasteiger partial charge in [0.15, 0.2) is 0 Å². The van der Waals surface area contributed by atoms with Crippen LogP contribution in [0.3, 0.4) is 0 Å². The Balaban J connectivity index is 1.49. The van der Waals surface area contributed by atoms with E-state index in [-0.39, 0.29) is 0 Å². The molecule has 4 aliphatic carbocycles. The van der Waals surface area contributed by atoms with Crippen molar-refractivity contribution >= 4 is 0 Å². The fourth-order valence-electron chi connectivity index (χ4n) is 8.49. The van der Waals surface area contributed by atoms with Gasteiger partial charge in [0.25, 0.3) is 0 Å². The molecule has 1 saturated heterocycles. The third kappa shape index (κ3) is 1.85. The van der Waals surface area contributed by atoms with Gasteiger partial charge in [-0.15, -0.1) is 0 Å². The van der Waals surface area contributed by atoms with Crippen molar-refractivity contribution < 1.29 is 0 Å². The van der Waals surface area contributed by atoms with E-state index in [1.165, 1.54) is 57.9 Å². The molecule has 0 bridgehead atoms. The number of fused-ring (bicyclic) bond motifs is 4. The summed E-state index contributed by atoms with van der Waals surface area (Å²) in [6.45, 7) is 6.48. The number of nitrogens with zero attached hydrogens (tertiary/aromatic N) is 1. The molecule has 2 heteroatoms. The monoisotopic (exact) mass is 328 g/mol. The van der Waals surface area contributed by atoms with E-state index in [0.29, 0.717) is 16.9 Å². The molecule has 1 heterocycles. The van der Waals surface area contributed by atoms with Crippen molar-refractivity contribution in [3.63, 3.8) is 0 Å². The zero-order valence-electron chi connectivity index (χ0n) is 15.9. The van der Waals surface area contributed by atoms with E-state index in [0.717, 1.165) is 29.7 Å². The van der Waals surface area contributed by atoms with Gasteiger partial charge in [0.05, 0.1) is 0 Å². The van der Waals surface area contributed by atoms with Crippen LogP contribution in [0.5, 0.6) is 0 Å². The molecule has 3 saturated carbocycles. The molecule has 24 heavy (non-hydrogen) atoms. The number of likely N-dealkylation sites (tertiary alicyclic amines) is 1. The third-order valence-electron chi connectivity index (χ3n) is 9.75. The Bertz CT molecular complexity index is 568. The minimum atomic E-state index is 0.427. The summed E-state index contributed by atoms with van der Waals surface area (Å²) in [5, 5.41) is 0. The number of hydrogen-bond acceptors (Lipinski definition) is 2. The van der Waals surface area contributed by atoms with Crippen molar-refractivity contribution in [2.45, 2.75) is 77.3 Å². The number of rotatable bonds is 0. The van der Waals surface area contributed by atoms with Crippen LogP contribution in [0.1, 0.15) is 65.2 Å². The summed E-state index contributed by atoms with van der Waals surface area (Å²) < 4.78 is 0. The molecule has 0 aromatic rings. The highest BCUT2D eigenvalue weighted by atomic mass is 15.2. The minimum absolute atomic E-state index is 0.427. The lowest BCUT2D eigenvalue weighted by Gasteiger charge is -2.58. The Morgan fingerprint density at radius 3 is 2.71 bits per heavy atom. The normalized spacial score (nSPS) is 56.9. The summed E-state index contributed by atoms with van der Waals surface area (Å²) in [5.41, 5.74) is 9.20. The maximum absolute atomic E-state index is 6.31. The summed E-state index contributed by atoms with van der Waals surface area (Å²) in [6.07, 6.45) is 13.8. The lowest BCUT2D eigenvalue weighted by molar-refractivity contribution is -0.0397. The first-order valence-electron chi connectivity index (χ1n) is 10.6. The molecule has 2 N–H and O–H groups in total. The predicted molar refractivity (Wildman–Crippen MR) is 99.6 cm³/mol. The van der Waals surface area contributed by atoms with Crippen molar-refractivity contribution in [2.75, 3.05) is 13.6 Å². The van der Waals surface area contributed by atoms with Crippen LogP contribution in [0.4, 0.5) is 0 Å². The van der Waals surface area contributed by atoms with Gasteiger partial charge in [0.2, 0.25) is 0 Å². The van der Waals surface area contributed by atoms with Crippen LogP contribution >= 0.6 is 0 Å². The highest BCUT2D eigenvalue weighted by Gasteiger charge is 2.63. The van der Waals surface area contributed by atoms with Gasteiger partial charge in [-0.2, -0.15) is 0 Å². The maximum Gasteiger partial charge on any atom is 0.00982 e. The first-order valence-corrected chi connectivity index (χ1v) is 10.6. The number of allylic oxidation sites excluding steroid dienone is 1. The highest BCUT2D eigenvalue weighted by molar-refractivity contribution is 5.26. The zero-order valence-corrected chi connectivity index (χ0v) is 15.9. The molecule has 1 aliphatic heterocycles.